The van der Waals surface area contributed by atoms with Gasteiger partial charge in [-0.3, -0.25) is 0 Å². The fraction of sp³-hybridized carbons (Fsp3) is 0.417. The van der Waals surface area contributed by atoms with Crippen molar-refractivity contribution in [3.8, 4) is 0 Å². The zero-order chi connectivity index (χ0) is 12.3. The lowest BCUT2D eigenvalue weighted by Gasteiger charge is -2.05. The molecule has 2 rings (SSSR count). The number of H-pyrrole nitrogens is 1. The highest BCUT2D eigenvalue weighted by molar-refractivity contribution is 7.99. The smallest absolute Gasteiger partial charge is 0.166 e. The van der Waals surface area contributed by atoms with Gasteiger partial charge in [0.05, 0.1) is 11.0 Å². The first-order valence-corrected chi connectivity index (χ1v) is 6.75. The standard InChI is InChI=1S/C12H18N4S/c1-8(2)14-5-6-17-12-15-10-4-3-9(13)7-11(10)16-12/h3-4,7-8,14H,5-6,13H2,1-2H3,(H,15,16). The van der Waals surface area contributed by atoms with Crippen LogP contribution < -0.4 is 11.1 Å². The van der Waals surface area contributed by atoms with Crippen molar-refractivity contribution in [2.45, 2.75) is 25.0 Å². The lowest BCUT2D eigenvalue weighted by molar-refractivity contribution is 0.616. The summed E-state index contributed by atoms with van der Waals surface area (Å²) in [6.07, 6.45) is 0. The van der Waals surface area contributed by atoms with Crippen LogP contribution in [-0.4, -0.2) is 28.3 Å². The molecule has 1 aromatic carbocycles. The van der Waals surface area contributed by atoms with E-state index in [0.29, 0.717) is 6.04 Å². The fourth-order valence-corrected chi connectivity index (χ4v) is 2.33. The van der Waals surface area contributed by atoms with Crippen LogP contribution in [0.25, 0.3) is 11.0 Å². The van der Waals surface area contributed by atoms with Gasteiger partial charge in [0.25, 0.3) is 0 Å². The van der Waals surface area contributed by atoms with E-state index < -0.39 is 0 Å². The molecule has 0 radical (unpaired) electrons. The Morgan fingerprint density at radius 2 is 2.29 bits per heavy atom. The molecule has 0 aliphatic heterocycles. The summed E-state index contributed by atoms with van der Waals surface area (Å²) in [5, 5.41) is 4.33. The van der Waals surface area contributed by atoms with E-state index in [4.69, 9.17) is 5.73 Å². The summed E-state index contributed by atoms with van der Waals surface area (Å²) in [6.45, 7) is 5.28. The van der Waals surface area contributed by atoms with Gasteiger partial charge in [-0.15, -0.1) is 0 Å². The summed E-state index contributed by atoms with van der Waals surface area (Å²) >= 11 is 1.72. The molecular weight excluding hydrogens is 232 g/mol. The molecular formula is C12H18N4S. The van der Waals surface area contributed by atoms with Crippen molar-refractivity contribution < 1.29 is 0 Å². The Morgan fingerprint density at radius 1 is 1.47 bits per heavy atom. The number of thioether (sulfide) groups is 1. The monoisotopic (exact) mass is 250 g/mol. The Bertz CT molecular complexity index is 492. The molecule has 1 heterocycles. The number of fused-ring (bicyclic) bond motifs is 1. The molecule has 4 N–H and O–H groups in total. The second-order valence-electron chi connectivity index (χ2n) is 4.28. The molecule has 0 fully saturated rings. The highest BCUT2D eigenvalue weighted by Crippen LogP contribution is 2.20. The van der Waals surface area contributed by atoms with Crippen LogP contribution in [0, 0.1) is 0 Å². The van der Waals surface area contributed by atoms with E-state index in [-0.39, 0.29) is 0 Å². The molecule has 0 bridgehead atoms. The Labute approximate surface area is 105 Å². The Morgan fingerprint density at radius 3 is 3.06 bits per heavy atom. The summed E-state index contributed by atoms with van der Waals surface area (Å²) in [7, 11) is 0. The number of rotatable bonds is 5. The van der Waals surface area contributed by atoms with Crippen LogP contribution >= 0.6 is 11.8 Å². The highest BCUT2D eigenvalue weighted by atomic mass is 32.2. The van der Waals surface area contributed by atoms with Crippen molar-refractivity contribution in [1.82, 2.24) is 15.3 Å². The molecule has 0 atom stereocenters. The summed E-state index contributed by atoms with van der Waals surface area (Å²) in [5.74, 6) is 1.01. The van der Waals surface area contributed by atoms with Gasteiger partial charge in [-0.1, -0.05) is 25.6 Å². The number of imidazole rings is 1. The van der Waals surface area contributed by atoms with Gasteiger partial charge in [-0.05, 0) is 18.2 Å². The van der Waals surface area contributed by atoms with E-state index in [1.807, 2.05) is 18.2 Å². The molecule has 92 valence electrons. The molecule has 4 nitrogen and oxygen atoms in total. The van der Waals surface area contributed by atoms with Gasteiger partial charge < -0.3 is 16.0 Å². The van der Waals surface area contributed by atoms with Crippen LogP contribution in [-0.2, 0) is 0 Å². The molecule has 5 heteroatoms. The maximum absolute atomic E-state index is 5.72. The molecule has 0 saturated heterocycles. The quantitative estimate of drug-likeness (QED) is 0.432. The Hall–Kier alpha value is -1.20. The van der Waals surface area contributed by atoms with Gasteiger partial charge in [0.1, 0.15) is 0 Å². The maximum atomic E-state index is 5.72. The van der Waals surface area contributed by atoms with Gasteiger partial charge in [0, 0.05) is 24.0 Å². The van der Waals surface area contributed by atoms with Crippen molar-refractivity contribution in [1.29, 1.82) is 0 Å². The average molecular weight is 250 g/mol. The number of anilines is 1. The molecule has 0 spiro atoms. The first-order valence-electron chi connectivity index (χ1n) is 5.76. The van der Waals surface area contributed by atoms with E-state index in [9.17, 15) is 0 Å². The van der Waals surface area contributed by atoms with Gasteiger partial charge >= 0.3 is 0 Å². The second-order valence-corrected chi connectivity index (χ2v) is 5.36. The van der Waals surface area contributed by atoms with Crippen LogP contribution in [0.4, 0.5) is 5.69 Å². The molecule has 17 heavy (non-hydrogen) atoms. The number of benzene rings is 1. The predicted molar refractivity (Wildman–Crippen MR) is 74.4 cm³/mol. The van der Waals surface area contributed by atoms with Crippen molar-refractivity contribution in [3.63, 3.8) is 0 Å². The van der Waals surface area contributed by atoms with Gasteiger partial charge in [-0.25, -0.2) is 4.98 Å². The van der Waals surface area contributed by atoms with Crippen molar-refractivity contribution in [2.75, 3.05) is 18.0 Å². The number of nitrogens with two attached hydrogens (primary N) is 1. The van der Waals surface area contributed by atoms with Crippen LogP contribution in [0.1, 0.15) is 13.8 Å². The Kier molecular flexibility index (Phi) is 3.91. The van der Waals surface area contributed by atoms with E-state index in [1.165, 1.54) is 0 Å². The number of nitrogens with zero attached hydrogens (tertiary/aromatic N) is 1. The molecule has 0 saturated carbocycles. The normalized spacial score (nSPS) is 11.5. The average Bonchev–Trinajstić information content (AvgIpc) is 2.66. The zero-order valence-electron chi connectivity index (χ0n) is 10.2. The number of aromatic nitrogens is 2. The predicted octanol–water partition coefficient (Wildman–Crippen LogP) is 2.24. The number of hydrogen-bond donors (Lipinski definition) is 3. The zero-order valence-corrected chi connectivity index (χ0v) is 11.0. The number of nitrogen functional groups attached to an aromatic ring is 1. The van der Waals surface area contributed by atoms with Crippen LogP contribution in [0.3, 0.4) is 0 Å². The Balaban J connectivity index is 1.95. The SMILES string of the molecule is CC(C)NCCSc1nc2ccc(N)cc2[nH]1. The topological polar surface area (TPSA) is 66.7 Å². The van der Waals surface area contributed by atoms with Crippen molar-refractivity contribution >= 4 is 28.5 Å². The van der Waals surface area contributed by atoms with E-state index in [2.05, 4.69) is 29.1 Å². The number of aromatic amines is 1. The van der Waals surface area contributed by atoms with E-state index in [0.717, 1.165) is 34.2 Å². The molecule has 0 amide bonds. The minimum Gasteiger partial charge on any atom is -0.399 e. The van der Waals surface area contributed by atoms with Crippen LogP contribution in [0.2, 0.25) is 0 Å². The van der Waals surface area contributed by atoms with Crippen LogP contribution in [0.5, 0.6) is 0 Å². The third-order valence-corrected chi connectivity index (χ3v) is 3.25. The minimum absolute atomic E-state index is 0.533. The molecule has 0 unspecified atom stereocenters. The lowest BCUT2D eigenvalue weighted by atomic mass is 10.3. The number of hydrogen-bond acceptors (Lipinski definition) is 4. The molecule has 0 aliphatic rings. The van der Waals surface area contributed by atoms with Gasteiger partial charge in [0.2, 0.25) is 0 Å². The highest BCUT2D eigenvalue weighted by Gasteiger charge is 2.03. The third kappa shape index (κ3) is 3.38. The van der Waals surface area contributed by atoms with Crippen LogP contribution in [0.15, 0.2) is 23.4 Å². The number of nitrogens with one attached hydrogen (secondary N) is 2. The van der Waals surface area contributed by atoms with E-state index >= 15 is 0 Å². The van der Waals surface area contributed by atoms with Gasteiger partial charge in [0.15, 0.2) is 5.16 Å². The van der Waals surface area contributed by atoms with Crippen molar-refractivity contribution in [3.05, 3.63) is 18.2 Å². The first-order chi connectivity index (χ1) is 8.15. The summed E-state index contributed by atoms with van der Waals surface area (Å²) in [5.41, 5.74) is 8.46. The molecule has 2 aromatic rings. The molecule has 1 aromatic heterocycles. The summed E-state index contributed by atoms with van der Waals surface area (Å²) in [4.78, 5) is 7.76. The van der Waals surface area contributed by atoms with Crippen molar-refractivity contribution in [2.24, 2.45) is 0 Å². The first kappa shape index (κ1) is 12.3. The second kappa shape index (κ2) is 5.42. The molecule has 0 aliphatic carbocycles. The minimum atomic E-state index is 0.533. The van der Waals surface area contributed by atoms with Gasteiger partial charge in [-0.2, -0.15) is 0 Å². The third-order valence-electron chi connectivity index (χ3n) is 2.38. The van der Waals surface area contributed by atoms with E-state index in [1.54, 1.807) is 11.8 Å². The fourth-order valence-electron chi connectivity index (χ4n) is 1.57. The largest absolute Gasteiger partial charge is 0.399 e. The summed E-state index contributed by atoms with van der Waals surface area (Å²) < 4.78 is 0. The maximum Gasteiger partial charge on any atom is 0.166 e. The lowest BCUT2D eigenvalue weighted by Crippen LogP contribution is -2.24. The summed E-state index contributed by atoms with van der Waals surface area (Å²) in [6, 6.07) is 6.26.